The van der Waals surface area contributed by atoms with Crippen molar-refractivity contribution in [1.82, 2.24) is 10.2 Å². The zero-order valence-electron chi connectivity index (χ0n) is 11.1. The van der Waals surface area contributed by atoms with Crippen molar-refractivity contribution in [2.24, 2.45) is 0 Å². The second kappa shape index (κ2) is 4.81. The smallest absolute Gasteiger partial charge is 0.244 e. The molecule has 1 atom stereocenters. The first-order valence-corrected chi connectivity index (χ1v) is 8.67. The molecule has 2 rings (SSSR count). The van der Waals surface area contributed by atoms with E-state index in [2.05, 4.69) is 5.32 Å². The molecule has 1 unspecified atom stereocenters. The van der Waals surface area contributed by atoms with Crippen LogP contribution in [-0.4, -0.2) is 49.5 Å². The van der Waals surface area contributed by atoms with E-state index >= 15 is 0 Å². The number of amides is 1. The van der Waals surface area contributed by atoms with Crippen molar-refractivity contribution in [3.63, 3.8) is 0 Å². The lowest BCUT2D eigenvalue weighted by atomic mass is 9.98. The molecular formula is C12H22N2O3S. The molecule has 1 aliphatic carbocycles. The fraction of sp³-hybridized carbons (Fsp3) is 0.917. The summed E-state index contributed by atoms with van der Waals surface area (Å²) < 4.78 is 22.2. The van der Waals surface area contributed by atoms with Crippen molar-refractivity contribution < 1.29 is 13.2 Å². The zero-order valence-corrected chi connectivity index (χ0v) is 11.9. The molecule has 1 N–H and O–H groups in total. The molecule has 1 aliphatic heterocycles. The van der Waals surface area contributed by atoms with Crippen molar-refractivity contribution in [1.29, 1.82) is 0 Å². The molecule has 1 saturated heterocycles. The summed E-state index contributed by atoms with van der Waals surface area (Å²) in [7, 11) is -2.94. The molecule has 0 aromatic heterocycles. The third-order valence-corrected chi connectivity index (χ3v) is 5.02. The Hall–Kier alpha value is -0.620. The van der Waals surface area contributed by atoms with Gasteiger partial charge in [-0.05, 0) is 26.2 Å². The normalized spacial score (nSPS) is 27.3. The van der Waals surface area contributed by atoms with Gasteiger partial charge in [0, 0.05) is 12.8 Å². The molecule has 104 valence electrons. The van der Waals surface area contributed by atoms with Gasteiger partial charge in [0.05, 0.1) is 17.5 Å². The highest BCUT2D eigenvalue weighted by atomic mass is 32.2. The predicted molar refractivity (Wildman–Crippen MR) is 69.8 cm³/mol. The van der Waals surface area contributed by atoms with E-state index in [0.717, 1.165) is 25.7 Å². The zero-order chi connectivity index (χ0) is 13.4. The maximum atomic E-state index is 12.4. The number of hydrogen-bond acceptors (Lipinski definition) is 4. The molecule has 0 aromatic carbocycles. The average molecular weight is 274 g/mol. The summed E-state index contributed by atoms with van der Waals surface area (Å²) in [5.41, 5.74) is -0.343. The van der Waals surface area contributed by atoms with Gasteiger partial charge in [0.2, 0.25) is 5.91 Å². The topological polar surface area (TPSA) is 66.5 Å². The summed E-state index contributed by atoms with van der Waals surface area (Å²) in [6, 6.07) is 0. The molecule has 0 radical (unpaired) electrons. The Kier molecular flexibility index (Phi) is 3.69. The van der Waals surface area contributed by atoms with Crippen LogP contribution in [0.5, 0.6) is 0 Å². The van der Waals surface area contributed by atoms with E-state index in [0.29, 0.717) is 13.0 Å². The first-order chi connectivity index (χ1) is 8.34. The van der Waals surface area contributed by atoms with Crippen LogP contribution in [0.4, 0.5) is 0 Å². The van der Waals surface area contributed by atoms with E-state index in [9.17, 15) is 13.2 Å². The lowest BCUT2D eigenvalue weighted by molar-refractivity contribution is -0.133. The van der Waals surface area contributed by atoms with E-state index in [1.54, 1.807) is 4.90 Å². The Morgan fingerprint density at radius 2 is 2.00 bits per heavy atom. The van der Waals surface area contributed by atoms with Gasteiger partial charge in [-0.25, -0.2) is 8.42 Å². The Morgan fingerprint density at radius 3 is 2.56 bits per heavy atom. The largest absolute Gasteiger partial charge is 0.326 e. The SMILES string of the molecule is CC1NC2(CCCC2)C(=O)N1CCCS(C)(=O)=O. The minimum atomic E-state index is -2.94. The molecule has 0 aromatic rings. The van der Waals surface area contributed by atoms with E-state index in [-0.39, 0.29) is 23.4 Å². The first-order valence-electron chi connectivity index (χ1n) is 6.61. The van der Waals surface area contributed by atoms with Gasteiger partial charge < -0.3 is 4.90 Å². The molecule has 18 heavy (non-hydrogen) atoms. The Morgan fingerprint density at radius 1 is 1.39 bits per heavy atom. The van der Waals surface area contributed by atoms with Crippen LogP contribution < -0.4 is 5.32 Å². The van der Waals surface area contributed by atoms with Crippen LogP contribution in [0.2, 0.25) is 0 Å². The fourth-order valence-corrected chi connectivity index (χ4v) is 3.77. The Labute approximate surface area is 109 Å². The summed E-state index contributed by atoms with van der Waals surface area (Å²) >= 11 is 0. The fourth-order valence-electron chi connectivity index (χ4n) is 3.12. The average Bonchev–Trinajstić information content (AvgIpc) is 2.78. The summed E-state index contributed by atoms with van der Waals surface area (Å²) in [5.74, 6) is 0.317. The second-order valence-corrected chi connectivity index (χ2v) is 7.85. The molecule has 1 amide bonds. The Balaban J connectivity index is 1.95. The number of carbonyl (C=O) groups excluding carboxylic acids is 1. The van der Waals surface area contributed by atoms with E-state index < -0.39 is 9.84 Å². The molecular weight excluding hydrogens is 252 g/mol. The van der Waals surface area contributed by atoms with Crippen molar-refractivity contribution >= 4 is 15.7 Å². The Bertz CT molecular complexity index is 427. The number of hydrogen-bond donors (Lipinski definition) is 1. The maximum Gasteiger partial charge on any atom is 0.244 e. The number of carbonyl (C=O) groups is 1. The van der Waals surface area contributed by atoms with Crippen LogP contribution in [0, 0.1) is 0 Å². The van der Waals surface area contributed by atoms with Crippen molar-refractivity contribution in [3.05, 3.63) is 0 Å². The van der Waals surface area contributed by atoms with Crippen LogP contribution in [0.3, 0.4) is 0 Å². The highest BCUT2D eigenvalue weighted by Crippen LogP contribution is 2.36. The molecule has 5 nitrogen and oxygen atoms in total. The maximum absolute atomic E-state index is 12.4. The number of nitrogens with zero attached hydrogens (tertiary/aromatic N) is 1. The minimum absolute atomic E-state index is 0.0233. The van der Waals surface area contributed by atoms with Gasteiger partial charge in [-0.2, -0.15) is 0 Å². The molecule has 1 heterocycles. The van der Waals surface area contributed by atoms with Crippen LogP contribution in [0.15, 0.2) is 0 Å². The molecule has 2 fully saturated rings. The van der Waals surface area contributed by atoms with Gasteiger partial charge in [0.15, 0.2) is 0 Å². The van der Waals surface area contributed by atoms with Crippen molar-refractivity contribution in [3.8, 4) is 0 Å². The lowest BCUT2D eigenvalue weighted by Crippen LogP contribution is -2.44. The van der Waals surface area contributed by atoms with Crippen molar-refractivity contribution in [2.75, 3.05) is 18.6 Å². The van der Waals surface area contributed by atoms with E-state index in [1.807, 2.05) is 6.92 Å². The first kappa shape index (κ1) is 13.8. The number of sulfone groups is 1. The van der Waals surface area contributed by atoms with Gasteiger partial charge in [0.1, 0.15) is 9.84 Å². The summed E-state index contributed by atoms with van der Waals surface area (Å²) in [6.07, 6.45) is 5.81. The standard InChI is InChI=1S/C12H22N2O3S/c1-10-13-12(6-3-4-7-12)11(15)14(10)8-5-9-18(2,16)17/h10,13H,3-9H2,1-2H3. The minimum Gasteiger partial charge on any atom is -0.326 e. The number of rotatable bonds is 4. The van der Waals surface area contributed by atoms with Gasteiger partial charge in [-0.15, -0.1) is 0 Å². The molecule has 6 heteroatoms. The highest BCUT2D eigenvalue weighted by molar-refractivity contribution is 7.90. The van der Waals surface area contributed by atoms with Gasteiger partial charge >= 0.3 is 0 Å². The van der Waals surface area contributed by atoms with E-state index in [1.165, 1.54) is 6.26 Å². The predicted octanol–water partition coefficient (Wildman–Crippen LogP) is 0.512. The van der Waals surface area contributed by atoms with Gasteiger partial charge in [-0.3, -0.25) is 10.1 Å². The third-order valence-electron chi connectivity index (χ3n) is 3.99. The summed E-state index contributed by atoms with van der Waals surface area (Å²) in [5, 5.41) is 3.40. The number of nitrogens with one attached hydrogen (secondary N) is 1. The van der Waals surface area contributed by atoms with E-state index in [4.69, 9.17) is 0 Å². The molecule has 1 saturated carbocycles. The van der Waals surface area contributed by atoms with Gasteiger partial charge in [0.25, 0.3) is 0 Å². The monoisotopic (exact) mass is 274 g/mol. The summed E-state index contributed by atoms with van der Waals surface area (Å²) in [4.78, 5) is 14.2. The van der Waals surface area contributed by atoms with Crippen LogP contribution in [-0.2, 0) is 14.6 Å². The summed E-state index contributed by atoms with van der Waals surface area (Å²) in [6.45, 7) is 2.51. The van der Waals surface area contributed by atoms with Crippen molar-refractivity contribution in [2.45, 2.75) is 50.7 Å². The molecule has 2 aliphatic rings. The van der Waals surface area contributed by atoms with Crippen LogP contribution >= 0.6 is 0 Å². The van der Waals surface area contributed by atoms with Gasteiger partial charge in [-0.1, -0.05) is 12.8 Å². The molecule has 1 spiro atoms. The third kappa shape index (κ3) is 2.69. The second-order valence-electron chi connectivity index (χ2n) is 5.59. The lowest BCUT2D eigenvalue weighted by Gasteiger charge is -2.21. The van der Waals surface area contributed by atoms with Crippen LogP contribution in [0.1, 0.15) is 39.0 Å². The molecule has 0 bridgehead atoms. The quantitative estimate of drug-likeness (QED) is 0.811. The van der Waals surface area contributed by atoms with Crippen LogP contribution in [0.25, 0.3) is 0 Å². The highest BCUT2D eigenvalue weighted by Gasteiger charge is 2.50.